The lowest BCUT2D eigenvalue weighted by atomic mass is 10.1. The lowest BCUT2D eigenvalue weighted by molar-refractivity contribution is 0.0520. The van der Waals surface area contributed by atoms with E-state index in [1.54, 1.807) is 6.92 Å². The first kappa shape index (κ1) is 17.9. The molecule has 25 heavy (non-hydrogen) atoms. The highest BCUT2D eigenvalue weighted by Crippen LogP contribution is 2.29. The monoisotopic (exact) mass is 348 g/mol. The highest BCUT2D eigenvalue weighted by molar-refractivity contribution is 6.09. The summed E-state index contributed by atoms with van der Waals surface area (Å²) in [5.41, 5.74) is 5.14. The van der Waals surface area contributed by atoms with Crippen molar-refractivity contribution in [3.63, 3.8) is 0 Å². The van der Waals surface area contributed by atoms with E-state index < -0.39 is 17.8 Å². The Balaban J connectivity index is 2.36. The molecule has 2 aromatic rings. The number of nitrogens with zero attached hydrogens (tertiary/aromatic N) is 2. The van der Waals surface area contributed by atoms with Crippen LogP contribution in [0.2, 0.25) is 0 Å². The molecule has 0 aromatic carbocycles. The van der Waals surface area contributed by atoms with Gasteiger partial charge in [-0.15, -0.1) is 10.2 Å². The molecule has 0 aliphatic rings. The van der Waals surface area contributed by atoms with Gasteiger partial charge in [0, 0.05) is 0 Å². The van der Waals surface area contributed by atoms with Gasteiger partial charge in [-0.1, -0.05) is 0 Å². The van der Waals surface area contributed by atoms with Gasteiger partial charge in [-0.2, -0.15) is 0 Å². The highest BCUT2D eigenvalue weighted by atomic mass is 16.5. The van der Waals surface area contributed by atoms with E-state index in [-0.39, 0.29) is 40.9 Å². The van der Waals surface area contributed by atoms with Crippen molar-refractivity contribution in [1.82, 2.24) is 10.2 Å². The molecule has 10 heteroatoms. The van der Waals surface area contributed by atoms with E-state index in [1.165, 1.54) is 26.2 Å². The maximum Gasteiger partial charge on any atom is 0.358 e. The number of carbonyl (C=O) groups excluding carboxylic acids is 3. The Labute approximate surface area is 142 Å². The minimum Gasteiger partial charge on any atom is -0.464 e. The van der Waals surface area contributed by atoms with Gasteiger partial charge in [-0.05, 0) is 26.0 Å². The Morgan fingerprint density at radius 3 is 2.44 bits per heavy atom. The molecular formula is C15H16N4O6. The summed E-state index contributed by atoms with van der Waals surface area (Å²) in [6.07, 6.45) is 0. The molecule has 3 N–H and O–H groups in total. The lowest BCUT2D eigenvalue weighted by Crippen LogP contribution is -2.18. The number of esters is 2. The molecule has 0 atom stereocenters. The molecule has 0 saturated carbocycles. The number of nitrogens with two attached hydrogens (primary N) is 1. The third-order valence-corrected chi connectivity index (χ3v) is 3.11. The Hall–Kier alpha value is -3.43. The quantitative estimate of drug-likeness (QED) is 0.734. The Morgan fingerprint density at radius 2 is 1.92 bits per heavy atom. The van der Waals surface area contributed by atoms with Gasteiger partial charge in [0.25, 0.3) is 5.91 Å². The van der Waals surface area contributed by atoms with Crippen LogP contribution < -0.4 is 11.1 Å². The van der Waals surface area contributed by atoms with Gasteiger partial charge in [0.15, 0.2) is 11.5 Å². The van der Waals surface area contributed by atoms with Gasteiger partial charge in [-0.3, -0.25) is 4.79 Å². The number of aryl methyl sites for hydroxylation is 1. The van der Waals surface area contributed by atoms with E-state index in [0.717, 1.165) is 0 Å². The third kappa shape index (κ3) is 3.74. The molecule has 0 radical (unpaired) electrons. The zero-order valence-corrected chi connectivity index (χ0v) is 13.8. The second kappa shape index (κ2) is 7.43. The second-order valence-corrected chi connectivity index (χ2v) is 4.74. The van der Waals surface area contributed by atoms with Crippen LogP contribution in [0.15, 0.2) is 16.5 Å². The van der Waals surface area contributed by atoms with Gasteiger partial charge in [0.05, 0.1) is 13.7 Å². The average molecular weight is 348 g/mol. The summed E-state index contributed by atoms with van der Waals surface area (Å²) in [6.45, 7) is 3.26. The van der Waals surface area contributed by atoms with Crippen LogP contribution in [0, 0.1) is 6.92 Å². The number of carbonyl (C=O) groups is 3. The first-order valence-corrected chi connectivity index (χ1v) is 7.18. The van der Waals surface area contributed by atoms with Crippen molar-refractivity contribution in [3.05, 3.63) is 34.7 Å². The van der Waals surface area contributed by atoms with Crippen LogP contribution in [-0.2, 0) is 9.47 Å². The van der Waals surface area contributed by atoms with Gasteiger partial charge < -0.3 is 24.9 Å². The largest absolute Gasteiger partial charge is 0.464 e. The average Bonchev–Trinajstić information content (AvgIpc) is 2.91. The number of furan rings is 1. The van der Waals surface area contributed by atoms with Gasteiger partial charge in [0.1, 0.15) is 16.9 Å². The van der Waals surface area contributed by atoms with Gasteiger partial charge >= 0.3 is 11.9 Å². The van der Waals surface area contributed by atoms with Crippen molar-refractivity contribution < 1.29 is 28.3 Å². The van der Waals surface area contributed by atoms with E-state index in [2.05, 4.69) is 20.3 Å². The van der Waals surface area contributed by atoms with Crippen LogP contribution >= 0.6 is 0 Å². The Kier molecular flexibility index (Phi) is 5.32. The van der Waals surface area contributed by atoms with E-state index in [9.17, 15) is 14.4 Å². The van der Waals surface area contributed by atoms with Crippen LogP contribution in [0.1, 0.15) is 43.9 Å². The summed E-state index contributed by atoms with van der Waals surface area (Å²) in [5, 5.41) is 10.1. The van der Waals surface area contributed by atoms with Crippen LogP contribution in [-0.4, -0.2) is 41.8 Å². The van der Waals surface area contributed by atoms with Crippen molar-refractivity contribution in [2.45, 2.75) is 13.8 Å². The fraction of sp³-hybridized carbons (Fsp3) is 0.267. The number of amides is 1. The fourth-order valence-electron chi connectivity index (χ4n) is 2.05. The summed E-state index contributed by atoms with van der Waals surface area (Å²) in [6, 6.07) is 2.79. The maximum atomic E-state index is 12.0. The first-order chi connectivity index (χ1) is 11.9. The predicted molar refractivity (Wildman–Crippen MR) is 84.6 cm³/mol. The zero-order chi connectivity index (χ0) is 18.6. The predicted octanol–water partition coefficient (Wildman–Crippen LogP) is 1.18. The Bertz CT molecular complexity index is 812. The molecular weight excluding hydrogens is 332 g/mol. The minimum absolute atomic E-state index is 0.00557. The van der Waals surface area contributed by atoms with E-state index in [0.29, 0.717) is 0 Å². The maximum absolute atomic E-state index is 12.0. The topological polar surface area (TPSA) is 147 Å². The number of aromatic nitrogens is 2. The number of rotatable bonds is 6. The lowest BCUT2D eigenvalue weighted by Gasteiger charge is -2.05. The number of anilines is 2. The molecule has 0 aliphatic heterocycles. The Morgan fingerprint density at radius 1 is 1.20 bits per heavy atom. The van der Waals surface area contributed by atoms with Crippen molar-refractivity contribution >= 4 is 29.5 Å². The zero-order valence-electron chi connectivity index (χ0n) is 13.8. The molecule has 0 saturated heterocycles. The van der Waals surface area contributed by atoms with Crippen molar-refractivity contribution in [1.29, 1.82) is 0 Å². The summed E-state index contributed by atoms with van der Waals surface area (Å²) in [4.78, 5) is 35.1. The number of hydrogen-bond donors (Lipinski definition) is 2. The molecule has 0 bridgehead atoms. The van der Waals surface area contributed by atoms with E-state index >= 15 is 0 Å². The van der Waals surface area contributed by atoms with E-state index in [1.807, 2.05) is 0 Å². The fourth-order valence-corrected chi connectivity index (χ4v) is 2.05. The molecule has 132 valence electrons. The van der Waals surface area contributed by atoms with Crippen LogP contribution in [0.25, 0.3) is 0 Å². The number of hydrogen-bond acceptors (Lipinski definition) is 9. The number of ether oxygens (including phenoxy) is 2. The standard InChI is InChI=1S/C15H16N4O6/c1-4-24-15(22)10-7(2)25-13(11(10)12(16)20)17-9-6-5-8(18-19-9)14(21)23-3/h5-6H,4H2,1-3H3,(H2,16,20)(H,17,19). The number of methoxy groups -OCH3 is 1. The van der Waals surface area contributed by atoms with Crippen molar-refractivity contribution in [2.24, 2.45) is 5.73 Å². The molecule has 1 amide bonds. The van der Waals surface area contributed by atoms with Gasteiger partial charge in [-0.25, -0.2) is 9.59 Å². The van der Waals surface area contributed by atoms with Crippen LogP contribution in [0.3, 0.4) is 0 Å². The third-order valence-electron chi connectivity index (χ3n) is 3.11. The SMILES string of the molecule is CCOC(=O)c1c(C)oc(Nc2ccc(C(=O)OC)nn2)c1C(N)=O. The van der Waals surface area contributed by atoms with Crippen LogP contribution in [0.5, 0.6) is 0 Å². The molecule has 0 aliphatic carbocycles. The van der Waals surface area contributed by atoms with Crippen molar-refractivity contribution in [3.8, 4) is 0 Å². The molecule has 0 fully saturated rings. The van der Waals surface area contributed by atoms with Gasteiger partial charge in [0.2, 0.25) is 5.88 Å². The summed E-state index contributed by atoms with van der Waals surface area (Å²) in [5.74, 6) is -1.99. The molecule has 2 aromatic heterocycles. The second-order valence-electron chi connectivity index (χ2n) is 4.74. The van der Waals surface area contributed by atoms with Crippen molar-refractivity contribution in [2.75, 3.05) is 19.0 Å². The molecule has 0 unspecified atom stereocenters. The number of primary amides is 1. The molecule has 10 nitrogen and oxygen atoms in total. The normalized spacial score (nSPS) is 10.2. The highest BCUT2D eigenvalue weighted by Gasteiger charge is 2.28. The minimum atomic E-state index is -0.874. The summed E-state index contributed by atoms with van der Waals surface area (Å²) < 4.78 is 14.8. The molecule has 0 spiro atoms. The smallest absolute Gasteiger partial charge is 0.358 e. The first-order valence-electron chi connectivity index (χ1n) is 7.18. The molecule has 2 heterocycles. The van der Waals surface area contributed by atoms with Crippen LogP contribution in [0.4, 0.5) is 11.7 Å². The number of nitrogens with one attached hydrogen (secondary N) is 1. The molecule has 2 rings (SSSR count). The summed E-state index contributed by atoms with van der Waals surface area (Å²) in [7, 11) is 1.22. The van der Waals surface area contributed by atoms with E-state index in [4.69, 9.17) is 14.9 Å². The summed E-state index contributed by atoms with van der Waals surface area (Å²) >= 11 is 0.